The van der Waals surface area contributed by atoms with Crippen LogP contribution < -0.4 is 0 Å². The number of halogens is 1. The number of likely N-dealkylation sites (N-methyl/N-ethyl adjacent to an activating group) is 1. The summed E-state index contributed by atoms with van der Waals surface area (Å²) in [5.74, 6) is -0.883. The lowest BCUT2D eigenvalue weighted by Crippen LogP contribution is -2.30. The molecule has 5 nitrogen and oxygen atoms in total. The summed E-state index contributed by atoms with van der Waals surface area (Å²) >= 11 is 0. The summed E-state index contributed by atoms with van der Waals surface area (Å²) < 4.78 is 38.0. The minimum Gasteiger partial charge on any atom is -0.395 e. The van der Waals surface area contributed by atoms with E-state index < -0.39 is 26.3 Å². The third-order valence-electron chi connectivity index (χ3n) is 2.19. The number of aliphatic hydroxyl groups is 1. The second-order valence-electron chi connectivity index (χ2n) is 3.27. The first-order valence-electron chi connectivity index (χ1n) is 4.71. The van der Waals surface area contributed by atoms with Crippen LogP contribution in [-0.2, 0) is 10.0 Å². The summed E-state index contributed by atoms with van der Waals surface area (Å²) in [5.41, 5.74) is -0.516. The number of aliphatic hydroxyl groups excluding tert-OH is 1. The fraction of sp³-hybridized carbons (Fsp3) is 0.300. The van der Waals surface area contributed by atoms with E-state index in [-0.39, 0.29) is 13.2 Å². The Morgan fingerprint density at radius 1 is 1.53 bits per heavy atom. The topological polar surface area (TPSA) is 81.4 Å². The largest absolute Gasteiger partial charge is 0.395 e. The first-order valence-corrected chi connectivity index (χ1v) is 6.15. The number of hydrogen-bond donors (Lipinski definition) is 1. The molecule has 0 saturated heterocycles. The zero-order chi connectivity index (χ0) is 13.1. The zero-order valence-electron chi connectivity index (χ0n) is 9.09. The molecule has 0 aliphatic heterocycles. The van der Waals surface area contributed by atoms with Crippen LogP contribution in [0.25, 0.3) is 0 Å². The third kappa shape index (κ3) is 2.61. The zero-order valence-corrected chi connectivity index (χ0v) is 9.91. The van der Waals surface area contributed by atoms with Gasteiger partial charge in [-0.3, -0.25) is 0 Å². The lowest BCUT2D eigenvalue weighted by Gasteiger charge is -2.16. The van der Waals surface area contributed by atoms with Gasteiger partial charge in [0.2, 0.25) is 10.0 Å². The van der Waals surface area contributed by atoms with E-state index in [2.05, 4.69) is 0 Å². The smallest absolute Gasteiger partial charge is 0.244 e. The van der Waals surface area contributed by atoms with Gasteiger partial charge in [0, 0.05) is 13.6 Å². The van der Waals surface area contributed by atoms with Gasteiger partial charge in [-0.05, 0) is 12.1 Å². The summed E-state index contributed by atoms with van der Waals surface area (Å²) in [6, 6.07) is 4.92. The van der Waals surface area contributed by atoms with Crippen LogP contribution in [0, 0.1) is 17.1 Å². The van der Waals surface area contributed by atoms with Crippen molar-refractivity contribution in [1.82, 2.24) is 4.31 Å². The first kappa shape index (κ1) is 13.6. The molecule has 7 heteroatoms. The van der Waals surface area contributed by atoms with Crippen molar-refractivity contribution in [3.8, 4) is 6.07 Å². The summed E-state index contributed by atoms with van der Waals surface area (Å²) in [5, 5.41) is 17.4. The molecule has 0 amide bonds. The highest BCUT2D eigenvalue weighted by atomic mass is 32.2. The van der Waals surface area contributed by atoms with Crippen molar-refractivity contribution >= 4 is 10.0 Å². The molecular weight excluding hydrogens is 247 g/mol. The number of hydrogen-bond acceptors (Lipinski definition) is 4. The van der Waals surface area contributed by atoms with Gasteiger partial charge < -0.3 is 5.11 Å². The Labute approximate surface area is 98.8 Å². The Hall–Kier alpha value is -1.49. The molecule has 0 atom stereocenters. The average molecular weight is 258 g/mol. The molecule has 17 heavy (non-hydrogen) atoms. The van der Waals surface area contributed by atoms with Crippen molar-refractivity contribution in [2.45, 2.75) is 4.90 Å². The van der Waals surface area contributed by atoms with Crippen molar-refractivity contribution < 1.29 is 17.9 Å². The predicted octanol–water partition coefficient (Wildman–Crippen LogP) is 0.310. The normalized spacial score (nSPS) is 11.5. The van der Waals surface area contributed by atoms with Crippen LogP contribution in [0.5, 0.6) is 0 Å². The van der Waals surface area contributed by atoms with Gasteiger partial charge >= 0.3 is 0 Å². The number of nitriles is 1. The van der Waals surface area contributed by atoms with Gasteiger partial charge in [-0.1, -0.05) is 6.07 Å². The summed E-state index contributed by atoms with van der Waals surface area (Å²) in [7, 11) is -2.71. The summed E-state index contributed by atoms with van der Waals surface area (Å²) in [4.78, 5) is -0.393. The van der Waals surface area contributed by atoms with Crippen LogP contribution in [0.2, 0.25) is 0 Å². The highest BCUT2D eigenvalue weighted by Gasteiger charge is 2.25. The van der Waals surface area contributed by atoms with E-state index in [1.807, 2.05) is 0 Å². The molecule has 1 rings (SSSR count). The molecule has 0 bridgehead atoms. The van der Waals surface area contributed by atoms with E-state index in [9.17, 15) is 12.8 Å². The maximum absolute atomic E-state index is 13.3. The molecule has 1 aromatic rings. The molecule has 0 saturated carbocycles. The maximum atomic E-state index is 13.3. The minimum atomic E-state index is -3.96. The van der Waals surface area contributed by atoms with E-state index in [0.29, 0.717) is 0 Å². The standard InChI is InChI=1S/C10H11FN2O3S/c1-13(5-6-14)17(15,16)10-4-2-3-9(11)8(10)7-12/h2-4,14H,5-6H2,1H3. The van der Waals surface area contributed by atoms with Crippen LogP contribution >= 0.6 is 0 Å². The highest BCUT2D eigenvalue weighted by Crippen LogP contribution is 2.20. The van der Waals surface area contributed by atoms with E-state index in [1.54, 1.807) is 0 Å². The van der Waals surface area contributed by atoms with Crippen LogP contribution in [0.4, 0.5) is 4.39 Å². The molecule has 0 aromatic heterocycles. The van der Waals surface area contributed by atoms with Gasteiger partial charge in [-0.2, -0.15) is 9.57 Å². The minimum absolute atomic E-state index is 0.121. The Bertz CT molecular complexity index is 551. The molecule has 0 spiro atoms. The predicted molar refractivity (Wildman–Crippen MR) is 58.0 cm³/mol. The average Bonchev–Trinajstić information content (AvgIpc) is 2.29. The lowest BCUT2D eigenvalue weighted by molar-refractivity contribution is 0.266. The van der Waals surface area contributed by atoms with Crippen LogP contribution in [-0.4, -0.2) is 38.0 Å². The molecule has 1 aromatic carbocycles. The Balaban J connectivity index is 3.35. The number of rotatable bonds is 4. The van der Waals surface area contributed by atoms with Crippen molar-refractivity contribution in [1.29, 1.82) is 5.26 Å². The second kappa shape index (κ2) is 5.23. The van der Waals surface area contributed by atoms with Gasteiger partial charge in [0.25, 0.3) is 0 Å². The number of sulfonamides is 1. The van der Waals surface area contributed by atoms with Crippen LogP contribution in [0.3, 0.4) is 0 Å². The maximum Gasteiger partial charge on any atom is 0.244 e. The highest BCUT2D eigenvalue weighted by molar-refractivity contribution is 7.89. The van der Waals surface area contributed by atoms with Crippen molar-refractivity contribution in [3.63, 3.8) is 0 Å². The Kier molecular flexibility index (Phi) is 4.17. The molecule has 92 valence electrons. The molecule has 0 aliphatic rings. The van der Waals surface area contributed by atoms with Crippen molar-refractivity contribution in [2.24, 2.45) is 0 Å². The first-order chi connectivity index (χ1) is 7.95. The van der Waals surface area contributed by atoms with Gasteiger partial charge in [-0.15, -0.1) is 0 Å². The molecule has 0 aliphatic carbocycles. The van der Waals surface area contributed by atoms with Crippen molar-refractivity contribution in [2.75, 3.05) is 20.2 Å². The Morgan fingerprint density at radius 2 is 2.18 bits per heavy atom. The SMILES string of the molecule is CN(CCO)S(=O)(=O)c1cccc(F)c1C#N. The molecule has 0 heterocycles. The quantitative estimate of drug-likeness (QED) is 0.842. The molecule has 0 radical (unpaired) electrons. The molecule has 0 fully saturated rings. The molecule has 1 N–H and O–H groups in total. The van der Waals surface area contributed by atoms with Gasteiger partial charge in [0.1, 0.15) is 22.3 Å². The van der Waals surface area contributed by atoms with E-state index in [0.717, 1.165) is 16.4 Å². The number of benzene rings is 1. The summed E-state index contributed by atoms with van der Waals surface area (Å²) in [6.07, 6.45) is 0. The van der Waals surface area contributed by atoms with Crippen molar-refractivity contribution in [3.05, 3.63) is 29.6 Å². The fourth-order valence-electron chi connectivity index (χ4n) is 1.26. The molecular formula is C10H11FN2O3S. The third-order valence-corrected chi connectivity index (χ3v) is 4.09. The van der Waals surface area contributed by atoms with Crippen LogP contribution in [0.15, 0.2) is 23.1 Å². The lowest BCUT2D eigenvalue weighted by atomic mass is 10.2. The number of nitrogens with zero attached hydrogens (tertiary/aromatic N) is 2. The van der Waals surface area contributed by atoms with Crippen LogP contribution in [0.1, 0.15) is 5.56 Å². The van der Waals surface area contributed by atoms with E-state index in [4.69, 9.17) is 10.4 Å². The molecule has 0 unspecified atom stereocenters. The fourth-order valence-corrected chi connectivity index (χ4v) is 2.57. The monoisotopic (exact) mass is 258 g/mol. The Morgan fingerprint density at radius 3 is 2.71 bits per heavy atom. The summed E-state index contributed by atoms with van der Waals surface area (Å²) in [6.45, 7) is -0.476. The van der Waals surface area contributed by atoms with Gasteiger partial charge in [0.05, 0.1) is 6.61 Å². The van der Waals surface area contributed by atoms with Gasteiger partial charge in [0.15, 0.2) is 0 Å². The van der Waals surface area contributed by atoms with Gasteiger partial charge in [-0.25, -0.2) is 12.8 Å². The van der Waals surface area contributed by atoms with E-state index >= 15 is 0 Å². The van der Waals surface area contributed by atoms with E-state index in [1.165, 1.54) is 19.2 Å². The second-order valence-corrected chi connectivity index (χ2v) is 5.29.